The van der Waals surface area contributed by atoms with E-state index in [1.807, 2.05) is 56.3 Å². The van der Waals surface area contributed by atoms with Crippen LogP contribution in [0.3, 0.4) is 0 Å². The second-order valence-corrected chi connectivity index (χ2v) is 6.28. The third kappa shape index (κ3) is 4.81. The molecule has 0 saturated heterocycles. The molecule has 0 aliphatic carbocycles. The lowest BCUT2D eigenvalue weighted by molar-refractivity contribution is -0.142. The molecule has 0 saturated carbocycles. The van der Waals surface area contributed by atoms with Crippen molar-refractivity contribution in [3.8, 4) is 0 Å². The molecule has 1 unspecified atom stereocenters. The van der Waals surface area contributed by atoms with Crippen molar-refractivity contribution in [2.45, 2.75) is 26.7 Å². The van der Waals surface area contributed by atoms with Gasteiger partial charge in [0.1, 0.15) is 0 Å². The van der Waals surface area contributed by atoms with Crippen LogP contribution in [0.15, 0.2) is 42.5 Å². The fraction of sp³-hybridized carbons (Fsp3) is 0.368. The van der Waals surface area contributed by atoms with E-state index in [0.717, 1.165) is 16.3 Å². The molecule has 2 rings (SSSR count). The van der Waals surface area contributed by atoms with Crippen molar-refractivity contribution in [2.75, 3.05) is 6.54 Å². The summed E-state index contributed by atoms with van der Waals surface area (Å²) in [6, 6.07) is 13.8. The summed E-state index contributed by atoms with van der Waals surface area (Å²) < 4.78 is 0. The number of carboxylic acids is 1. The van der Waals surface area contributed by atoms with Crippen molar-refractivity contribution in [2.24, 2.45) is 11.8 Å². The minimum absolute atomic E-state index is 0.142. The fourth-order valence-corrected chi connectivity index (χ4v) is 2.76. The summed E-state index contributed by atoms with van der Waals surface area (Å²) >= 11 is 0. The van der Waals surface area contributed by atoms with Crippen LogP contribution in [0.4, 0.5) is 0 Å². The number of amides is 1. The van der Waals surface area contributed by atoms with Crippen LogP contribution < -0.4 is 5.32 Å². The Labute approximate surface area is 136 Å². The molecule has 1 atom stereocenters. The first kappa shape index (κ1) is 17.0. The van der Waals surface area contributed by atoms with Gasteiger partial charge in [-0.15, -0.1) is 0 Å². The van der Waals surface area contributed by atoms with E-state index in [-0.39, 0.29) is 24.8 Å². The lowest BCUT2D eigenvalue weighted by atomic mass is 9.97. The van der Waals surface area contributed by atoms with Crippen LogP contribution in [-0.4, -0.2) is 23.5 Å². The summed E-state index contributed by atoms with van der Waals surface area (Å²) in [4.78, 5) is 23.4. The van der Waals surface area contributed by atoms with Gasteiger partial charge in [0.25, 0.3) is 0 Å². The molecule has 2 aromatic rings. The Morgan fingerprint density at radius 2 is 1.78 bits per heavy atom. The average Bonchev–Trinajstić information content (AvgIpc) is 2.51. The summed E-state index contributed by atoms with van der Waals surface area (Å²) in [7, 11) is 0. The zero-order chi connectivity index (χ0) is 16.8. The second-order valence-electron chi connectivity index (χ2n) is 6.28. The van der Waals surface area contributed by atoms with Gasteiger partial charge < -0.3 is 10.4 Å². The molecular formula is C19H23NO3. The number of rotatable bonds is 7. The van der Waals surface area contributed by atoms with Crippen LogP contribution in [0.5, 0.6) is 0 Å². The number of benzene rings is 2. The van der Waals surface area contributed by atoms with Gasteiger partial charge in [0, 0.05) is 6.54 Å². The minimum atomic E-state index is -0.857. The van der Waals surface area contributed by atoms with Crippen molar-refractivity contribution in [1.29, 1.82) is 0 Å². The van der Waals surface area contributed by atoms with E-state index < -0.39 is 11.9 Å². The molecule has 23 heavy (non-hydrogen) atoms. The Morgan fingerprint density at radius 1 is 1.09 bits per heavy atom. The molecule has 4 heteroatoms. The maximum absolute atomic E-state index is 12.2. The van der Waals surface area contributed by atoms with E-state index in [1.54, 1.807) is 0 Å². The first-order chi connectivity index (χ1) is 11.0. The number of carbonyl (C=O) groups is 2. The van der Waals surface area contributed by atoms with Gasteiger partial charge in [0.2, 0.25) is 5.91 Å². The standard InChI is InChI=1S/C19H23NO3/c1-13(2)10-16(19(22)23)12-20-18(21)11-15-8-5-7-14-6-3-4-9-17(14)15/h3-9,13,16H,10-12H2,1-2H3,(H,20,21)(H,22,23). The van der Waals surface area contributed by atoms with Crippen LogP contribution in [0.2, 0.25) is 0 Å². The van der Waals surface area contributed by atoms with Gasteiger partial charge in [-0.25, -0.2) is 0 Å². The molecule has 0 aliphatic rings. The van der Waals surface area contributed by atoms with E-state index in [2.05, 4.69) is 5.32 Å². The maximum Gasteiger partial charge on any atom is 0.308 e. The van der Waals surface area contributed by atoms with Crippen LogP contribution in [0.1, 0.15) is 25.8 Å². The molecule has 2 aromatic carbocycles. The molecule has 0 fully saturated rings. The van der Waals surface area contributed by atoms with Crippen molar-refractivity contribution in [1.82, 2.24) is 5.32 Å². The molecule has 122 valence electrons. The lowest BCUT2D eigenvalue weighted by Crippen LogP contribution is -2.34. The predicted octanol–water partition coefficient (Wildman–Crippen LogP) is 3.25. The topological polar surface area (TPSA) is 66.4 Å². The van der Waals surface area contributed by atoms with Crippen LogP contribution >= 0.6 is 0 Å². The third-order valence-corrected chi connectivity index (χ3v) is 3.88. The molecule has 0 spiro atoms. The van der Waals surface area contributed by atoms with Crippen molar-refractivity contribution < 1.29 is 14.7 Å². The van der Waals surface area contributed by atoms with E-state index in [9.17, 15) is 14.7 Å². The number of hydrogen-bond acceptors (Lipinski definition) is 2. The molecule has 0 aliphatic heterocycles. The monoisotopic (exact) mass is 313 g/mol. The second kappa shape index (κ2) is 7.77. The molecule has 0 heterocycles. The Kier molecular flexibility index (Phi) is 5.74. The Bertz CT molecular complexity index is 689. The van der Waals surface area contributed by atoms with Gasteiger partial charge in [-0.3, -0.25) is 9.59 Å². The number of carbonyl (C=O) groups excluding carboxylic acids is 1. The first-order valence-electron chi connectivity index (χ1n) is 7.93. The maximum atomic E-state index is 12.2. The van der Waals surface area contributed by atoms with Gasteiger partial charge in [-0.2, -0.15) is 0 Å². The zero-order valence-corrected chi connectivity index (χ0v) is 13.6. The molecular weight excluding hydrogens is 290 g/mol. The predicted molar refractivity (Wildman–Crippen MR) is 91.2 cm³/mol. The molecule has 2 N–H and O–H groups in total. The number of aliphatic carboxylic acids is 1. The molecule has 0 aromatic heterocycles. The van der Waals surface area contributed by atoms with Crippen LogP contribution in [-0.2, 0) is 16.0 Å². The Hall–Kier alpha value is -2.36. The van der Waals surface area contributed by atoms with E-state index in [4.69, 9.17) is 0 Å². The highest BCUT2D eigenvalue weighted by molar-refractivity contribution is 5.90. The Morgan fingerprint density at radius 3 is 2.48 bits per heavy atom. The summed E-state index contributed by atoms with van der Waals surface area (Å²) in [5, 5.41) is 14.1. The molecule has 0 bridgehead atoms. The average molecular weight is 313 g/mol. The van der Waals surface area contributed by atoms with Crippen LogP contribution in [0, 0.1) is 11.8 Å². The van der Waals surface area contributed by atoms with E-state index in [0.29, 0.717) is 6.42 Å². The lowest BCUT2D eigenvalue weighted by Gasteiger charge is -2.15. The van der Waals surface area contributed by atoms with Gasteiger partial charge in [-0.1, -0.05) is 56.3 Å². The highest BCUT2D eigenvalue weighted by atomic mass is 16.4. The highest BCUT2D eigenvalue weighted by Gasteiger charge is 2.19. The largest absolute Gasteiger partial charge is 0.481 e. The number of carboxylic acid groups (broad SMARTS) is 1. The summed E-state index contributed by atoms with van der Waals surface area (Å²) in [6.07, 6.45) is 0.819. The van der Waals surface area contributed by atoms with Gasteiger partial charge >= 0.3 is 5.97 Å². The highest BCUT2D eigenvalue weighted by Crippen LogP contribution is 2.19. The van der Waals surface area contributed by atoms with E-state index >= 15 is 0 Å². The molecule has 0 radical (unpaired) electrons. The normalized spacial score (nSPS) is 12.3. The van der Waals surface area contributed by atoms with Gasteiger partial charge in [-0.05, 0) is 28.7 Å². The number of nitrogens with one attached hydrogen (secondary N) is 1. The quantitative estimate of drug-likeness (QED) is 0.824. The van der Waals surface area contributed by atoms with E-state index in [1.165, 1.54) is 0 Å². The smallest absolute Gasteiger partial charge is 0.308 e. The van der Waals surface area contributed by atoms with Gasteiger partial charge in [0.05, 0.1) is 12.3 Å². The van der Waals surface area contributed by atoms with Crippen molar-refractivity contribution in [3.05, 3.63) is 48.0 Å². The molecule has 1 amide bonds. The number of hydrogen-bond donors (Lipinski definition) is 2. The summed E-state index contributed by atoms with van der Waals surface area (Å²) in [6.45, 7) is 4.14. The fourth-order valence-electron chi connectivity index (χ4n) is 2.76. The van der Waals surface area contributed by atoms with Crippen molar-refractivity contribution in [3.63, 3.8) is 0 Å². The van der Waals surface area contributed by atoms with Crippen molar-refractivity contribution >= 4 is 22.6 Å². The minimum Gasteiger partial charge on any atom is -0.481 e. The summed E-state index contributed by atoms with van der Waals surface area (Å²) in [5.74, 6) is -1.25. The third-order valence-electron chi connectivity index (χ3n) is 3.88. The summed E-state index contributed by atoms with van der Waals surface area (Å²) in [5.41, 5.74) is 0.955. The SMILES string of the molecule is CC(C)CC(CNC(=O)Cc1cccc2ccccc12)C(=O)O. The zero-order valence-electron chi connectivity index (χ0n) is 13.6. The Balaban J connectivity index is 2.00. The first-order valence-corrected chi connectivity index (χ1v) is 7.93. The van der Waals surface area contributed by atoms with Crippen LogP contribution in [0.25, 0.3) is 10.8 Å². The van der Waals surface area contributed by atoms with Gasteiger partial charge in [0.15, 0.2) is 0 Å². The number of fused-ring (bicyclic) bond motifs is 1. The molecule has 4 nitrogen and oxygen atoms in total.